The van der Waals surface area contributed by atoms with Gasteiger partial charge in [-0.2, -0.15) is 5.10 Å². The van der Waals surface area contributed by atoms with Gasteiger partial charge >= 0.3 is 0 Å². The molecule has 3 aromatic heterocycles. The number of hydrogen-bond donors (Lipinski definition) is 0. The molecule has 5 heteroatoms. The van der Waals surface area contributed by atoms with Crippen molar-refractivity contribution in [3.8, 4) is 10.7 Å². The van der Waals surface area contributed by atoms with Gasteiger partial charge in [0.05, 0.1) is 17.6 Å². The van der Waals surface area contributed by atoms with Crippen LogP contribution in [0.2, 0.25) is 0 Å². The largest absolute Gasteiger partial charge is 0.326 e. The lowest BCUT2D eigenvalue weighted by Crippen LogP contribution is -1.99. The fourth-order valence-electron chi connectivity index (χ4n) is 1.93. The van der Waals surface area contributed by atoms with E-state index in [0.717, 1.165) is 18.9 Å². The first-order valence-corrected chi connectivity index (χ1v) is 6.81. The van der Waals surface area contributed by atoms with Gasteiger partial charge in [-0.3, -0.25) is 4.68 Å². The van der Waals surface area contributed by atoms with E-state index in [-0.39, 0.29) is 0 Å². The van der Waals surface area contributed by atoms with Gasteiger partial charge < -0.3 is 4.57 Å². The maximum atomic E-state index is 4.43. The summed E-state index contributed by atoms with van der Waals surface area (Å²) < 4.78 is 4.10. The lowest BCUT2D eigenvalue weighted by molar-refractivity contribution is 0.658. The molecule has 0 bridgehead atoms. The monoisotopic (exact) mass is 258 g/mol. The van der Waals surface area contributed by atoms with Crippen LogP contribution in [-0.4, -0.2) is 19.3 Å². The van der Waals surface area contributed by atoms with Crippen LogP contribution in [0.5, 0.6) is 0 Å². The van der Waals surface area contributed by atoms with Crippen molar-refractivity contribution in [3.63, 3.8) is 0 Å². The number of aromatic nitrogens is 4. The first-order valence-electron chi connectivity index (χ1n) is 5.93. The Morgan fingerprint density at radius 2 is 2.33 bits per heavy atom. The van der Waals surface area contributed by atoms with Gasteiger partial charge in [0.15, 0.2) is 0 Å². The normalized spacial score (nSPS) is 10.9. The standard InChI is InChI=1S/C13H14N4S/c1-2-17-10-11(8-15-17)9-16-6-5-14-13(16)12-4-3-7-18-12/h3-8,10H,2,9H2,1H3. The van der Waals surface area contributed by atoms with Crippen molar-refractivity contribution >= 4 is 11.3 Å². The quantitative estimate of drug-likeness (QED) is 0.721. The molecule has 0 aliphatic heterocycles. The van der Waals surface area contributed by atoms with Crippen molar-refractivity contribution in [3.05, 3.63) is 47.9 Å². The van der Waals surface area contributed by atoms with E-state index in [9.17, 15) is 0 Å². The van der Waals surface area contributed by atoms with Crippen LogP contribution >= 0.6 is 11.3 Å². The Hall–Kier alpha value is -1.88. The third-order valence-electron chi connectivity index (χ3n) is 2.82. The SMILES string of the molecule is CCn1cc(Cn2ccnc2-c2cccs2)cn1. The zero-order valence-electron chi connectivity index (χ0n) is 10.2. The van der Waals surface area contributed by atoms with Crippen LogP contribution in [0.15, 0.2) is 42.3 Å². The summed E-state index contributed by atoms with van der Waals surface area (Å²) in [7, 11) is 0. The van der Waals surface area contributed by atoms with Crippen molar-refractivity contribution in [2.75, 3.05) is 0 Å². The molecule has 92 valence electrons. The maximum Gasteiger partial charge on any atom is 0.150 e. The highest BCUT2D eigenvalue weighted by atomic mass is 32.1. The molecule has 3 heterocycles. The maximum absolute atomic E-state index is 4.43. The van der Waals surface area contributed by atoms with Gasteiger partial charge in [0.2, 0.25) is 0 Å². The van der Waals surface area contributed by atoms with Crippen LogP contribution in [0.4, 0.5) is 0 Å². The molecule has 3 rings (SSSR count). The Kier molecular flexibility index (Phi) is 2.98. The van der Waals surface area contributed by atoms with E-state index in [4.69, 9.17) is 0 Å². The van der Waals surface area contributed by atoms with Crippen molar-refractivity contribution in [1.29, 1.82) is 0 Å². The molecule has 0 spiro atoms. The van der Waals surface area contributed by atoms with Crippen LogP contribution in [0.1, 0.15) is 12.5 Å². The van der Waals surface area contributed by atoms with Gasteiger partial charge in [-0.25, -0.2) is 4.98 Å². The molecule has 0 aliphatic rings. The molecule has 0 fully saturated rings. The van der Waals surface area contributed by atoms with E-state index < -0.39 is 0 Å². The van der Waals surface area contributed by atoms with Crippen LogP contribution in [-0.2, 0) is 13.1 Å². The minimum Gasteiger partial charge on any atom is -0.326 e. The molecule has 0 atom stereocenters. The summed E-state index contributed by atoms with van der Waals surface area (Å²) in [6, 6.07) is 4.15. The van der Waals surface area contributed by atoms with E-state index in [2.05, 4.69) is 39.2 Å². The summed E-state index contributed by atoms with van der Waals surface area (Å²) in [5, 5.41) is 6.37. The topological polar surface area (TPSA) is 35.6 Å². The fourth-order valence-corrected chi connectivity index (χ4v) is 2.66. The molecular weight excluding hydrogens is 244 g/mol. The van der Waals surface area contributed by atoms with E-state index >= 15 is 0 Å². The fraction of sp³-hybridized carbons (Fsp3) is 0.231. The summed E-state index contributed by atoms with van der Waals surface area (Å²) in [5.41, 5.74) is 1.20. The van der Waals surface area contributed by atoms with Crippen molar-refractivity contribution in [1.82, 2.24) is 19.3 Å². The number of imidazole rings is 1. The number of thiophene rings is 1. The zero-order valence-corrected chi connectivity index (χ0v) is 11.0. The molecule has 0 saturated heterocycles. The molecular formula is C13H14N4S. The Labute approximate surface area is 110 Å². The molecule has 3 aromatic rings. The summed E-state index contributed by atoms with van der Waals surface area (Å²) in [4.78, 5) is 5.63. The zero-order chi connectivity index (χ0) is 12.4. The predicted molar refractivity (Wildman–Crippen MR) is 72.5 cm³/mol. The van der Waals surface area contributed by atoms with Crippen LogP contribution in [0, 0.1) is 0 Å². The van der Waals surface area contributed by atoms with E-state index in [1.807, 2.05) is 29.3 Å². The highest BCUT2D eigenvalue weighted by molar-refractivity contribution is 7.13. The van der Waals surface area contributed by atoms with Crippen LogP contribution < -0.4 is 0 Å². The average Bonchev–Trinajstić information content (AvgIpc) is 3.09. The molecule has 0 amide bonds. The highest BCUT2D eigenvalue weighted by Gasteiger charge is 2.07. The van der Waals surface area contributed by atoms with E-state index in [1.54, 1.807) is 11.3 Å². The van der Waals surface area contributed by atoms with Crippen molar-refractivity contribution in [2.45, 2.75) is 20.0 Å². The number of aryl methyl sites for hydroxylation is 1. The molecule has 4 nitrogen and oxygen atoms in total. The molecule has 0 aromatic carbocycles. The van der Waals surface area contributed by atoms with E-state index in [1.165, 1.54) is 10.4 Å². The summed E-state index contributed by atoms with van der Waals surface area (Å²) in [6.07, 6.45) is 7.86. The second-order valence-electron chi connectivity index (χ2n) is 4.06. The van der Waals surface area contributed by atoms with Crippen LogP contribution in [0.3, 0.4) is 0 Å². The highest BCUT2D eigenvalue weighted by Crippen LogP contribution is 2.23. The first-order chi connectivity index (χ1) is 8.86. The molecule has 0 saturated carbocycles. The smallest absolute Gasteiger partial charge is 0.150 e. The molecule has 0 radical (unpaired) electrons. The number of hydrogen-bond acceptors (Lipinski definition) is 3. The Balaban J connectivity index is 1.87. The molecule has 0 unspecified atom stereocenters. The van der Waals surface area contributed by atoms with Crippen LogP contribution in [0.25, 0.3) is 10.7 Å². The molecule has 0 N–H and O–H groups in total. The predicted octanol–water partition coefficient (Wildman–Crippen LogP) is 2.88. The van der Waals surface area contributed by atoms with Gasteiger partial charge in [0.25, 0.3) is 0 Å². The lowest BCUT2D eigenvalue weighted by Gasteiger charge is -2.04. The number of nitrogens with zero attached hydrogens (tertiary/aromatic N) is 4. The van der Waals surface area contributed by atoms with Gasteiger partial charge in [-0.15, -0.1) is 11.3 Å². The second-order valence-corrected chi connectivity index (χ2v) is 5.01. The van der Waals surface area contributed by atoms with Gasteiger partial charge in [-0.05, 0) is 18.4 Å². The lowest BCUT2D eigenvalue weighted by atomic mass is 10.3. The Morgan fingerprint density at radius 1 is 1.39 bits per heavy atom. The first kappa shape index (κ1) is 11.2. The van der Waals surface area contributed by atoms with Crippen molar-refractivity contribution in [2.24, 2.45) is 0 Å². The minimum absolute atomic E-state index is 0.813. The summed E-state index contributed by atoms with van der Waals surface area (Å²) in [6.45, 7) is 3.81. The van der Waals surface area contributed by atoms with Crippen molar-refractivity contribution < 1.29 is 0 Å². The summed E-state index contributed by atoms with van der Waals surface area (Å²) >= 11 is 1.71. The Bertz CT molecular complexity index is 621. The average molecular weight is 258 g/mol. The van der Waals surface area contributed by atoms with E-state index in [0.29, 0.717) is 0 Å². The summed E-state index contributed by atoms with van der Waals surface area (Å²) in [5.74, 6) is 1.02. The minimum atomic E-state index is 0.813. The Morgan fingerprint density at radius 3 is 3.06 bits per heavy atom. The third kappa shape index (κ3) is 2.09. The second kappa shape index (κ2) is 4.78. The van der Waals surface area contributed by atoms with Gasteiger partial charge in [-0.1, -0.05) is 6.07 Å². The van der Waals surface area contributed by atoms with Gasteiger partial charge in [0, 0.05) is 30.7 Å². The molecule has 0 aliphatic carbocycles. The molecule has 18 heavy (non-hydrogen) atoms. The number of rotatable bonds is 4. The third-order valence-corrected chi connectivity index (χ3v) is 3.69. The van der Waals surface area contributed by atoms with Gasteiger partial charge in [0.1, 0.15) is 5.82 Å².